The van der Waals surface area contributed by atoms with Gasteiger partial charge in [0, 0.05) is 23.8 Å². The van der Waals surface area contributed by atoms with Crippen LogP contribution in [0.15, 0.2) is 52.8 Å². The van der Waals surface area contributed by atoms with E-state index in [9.17, 15) is 9.90 Å². The number of aliphatic imine (C=N–C) groups is 1. The van der Waals surface area contributed by atoms with E-state index < -0.39 is 11.6 Å². The fourth-order valence-corrected chi connectivity index (χ4v) is 5.12. The Labute approximate surface area is 181 Å². The number of aliphatic hydroxyl groups is 1. The van der Waals surface area contributed by atoms with E-state index in [0.717, 1.165) is 30.6 Å². The standard InChI is InChI=1S/C23H29N3O3S/c24-22(25-15-20-11-6-14-30-20)26-13-12-19(16-26)29-21(27)23(28,18-9-4-5-10-18)17-7-2-1-3-8-17/h1-3,6-8,11,14,18-19,28H,4-5,9-10,12-13,15-16H2,(H2,24,25)/t19?,23-/m0/s1. The van der Waals surface area contributed by atoms with Crippen molar-refractivity contribution < 1.29 is 14.6 Å². The molecule has 160 valence electrons. The Hall–Kier alpha value is -2.38. The van der Waals surface area contributed by atoms with Crippen molar-refractivity contribution in [1.29, 1.82) is 0 Å². The van der Waals surface area contributed by atoms with Crippen LogP contribution in [0.1, 0.15) is 42.5 Å². The van der Waals surface area contributed by atoms with Gasteiger partial charge in [0.15, 0.2) is 11.6 Å². The number of nitrogens with two attached hydrogens (primary N) is 1. The lowest BCUT2D eigenvalue weighted by Gasteiger charge is -2.33. The highest BCUT2D eigenvalue weighted by Crippen LogP contribution is 2.41. The van der Waals surface area contributed by atoms with E-state index >= 15 is 0 Å². The smallest absolute Gasteiger partial charge is 0.343 e. The monoisotopic (exact) mass is 427 g/mol. The normalized spacial score (nSPS) is 22.2. The summed E-state index contributed by atoms with van der Waals surface area (Å²) in [5.74, 6) is -0.181. The van der Waals surface area contributed by atoms with Crippen LogP contribution in [0.2, 0.25) is 0 Å². The summed E-state index contributed by atoms with van der Waals surface area (Å²) in [7, 11) is 0. The second-order valence-corrected chi connectivity index (χ2v) is 9.16. The van der Waals surface area contributed by atoms with Gasteiger partial charge in [-0.05, 0) is 29.9 Å². The van der Waals surface area contributed by atoms with Crippen molar-refractivity contribution >= 4 is 23.3 Å². The number of ether oxygens (including phenoxy) is 1. The topological polar surface area (TPSA) is 88.1 Å². The molecule has 0 amide bonds. The molecule has 6 nitrogen and oxygen atoms in total. The van der Waals surface area contributed by atoms with Crippen molar-refractivity contribution in [2.75, 3.05) is 13.1 Å². The molecule has 1 aliphatic heterocycles. The van der Waals surface area contributed by atoms with Crippen molar-refractivity contribution in [2.24, 2.45) is 16.6 Å². The predicted octanol–water partition coefficient (Wildman–Crippen LogP) is 3.26. The maximum atomic E-state index is 13.2. The van der Waals surface area contributed by atoms with Gasteiger partial charge < -0.3 is 20.5 Å². The molecule has 1 saturated carbocycles. The minimum atomic E-state index is -1.59. The number of thiophene rings is 1. The molecule has 2 atom stereocenters. The summed E-state index contributed by atoms with van der Waals surface area (Å²) in [6.45, 7) is 1.74. The van der Waals surface area contributed by atoms with Crippen LogP contribution in [-0.4, -0.2) is 41.1 Å². The van der Waals surface area contributed by atoms with Crippen molar-refractivity contribution in [2.45, 2.75) is 50.4 Å². The number of nitrogens with zero attached hydrogens (tertiary/aromatic N) is 2. The molecule has 2 heterocycles. The molecule has 1 saturated heterocycles. The van der Waals surface area contributed by atoms with Gasteiger partial charge >= 0.3 is 5.97 Å². The van der Waals surface area contributed by atoms with Crippen molar-refractivity contribution in [3.05, 3.63) is 58.3 Å². The Morgan fingerprint density at radius 3 is 2.67 bits per heavy atom. The lowest BCUT2D eigenvalue weighted by atomic mass is 9.80. The van der Waals surface area contributed by atoms with Crippen LogP contribution in [0.3, 0.4) is 0 Å². The molecule has 7 heteroatoms. The number of esters is 1. The Balaban J connectivity index is 1.41. The summed E-state index contributed by atoms with van der Waals surface area (Å²) < 4.78 is 5.84. The van der Waals surface area contributed by atoms with Gasteiger partial charge in [-0.3, -0.25) is 0 Å². The summed E-state index contributed by atoms with van der Waals surface area (Å²) in [4.78, 5) is 20.8. The third-order valence-corrected chi connectivity index (χ3v) is 7.05. The molecule has 2 aromatic rings. The SMILES string of the molecule is NC(=NCc1cccs1)N1CCC(OC(=O)[C@](O)(c2ccccc2)C2CCCC2)C1. The molecule has 30 heavy (non-hydrogen) atoms. The quantitative estimate of drug-likeness (QED) is 0.420. The molecule has 4 rings (SSSR count). The fourth-order valence-electron chi connectivity index (χ4n) is 4.49. The molecule has 1 unspecified atom stereocenters. The zero-order valence-electron chi connectivity index (χ0n) is 17.1. The summed E-state index contributed by atoms with van der Waals surface area (Å²) in [6, 6.07) is 13.2. The van der Waals surface area contributed by atoms with E-state index in [1.165, 1.54) is 0 Å². The zero-order chi connectivity index (χ0) is 21.0. The first kappa shape index (κ1) is 20.9. The van der Waals surface area contributed by atoms with E-state index in [1.807, 2.05) is 52.7 Å². The lowest BCUT2D eigenvalue weighted by molar-refractivity contribution is -0.178. The van der Waals surface area contributed by atoms with Gasteiger partial charge in [0.1, 0.15) is 6.10 Å². The molecule has 2 fully saturated rings. The molecule has 0 bridgehead atoms. The predicted molar refractivity (Wildman–Crippen MR) is 118 cm³/mol. The van der Waals surface area contributed by atoms with E-state index in [0.29, 0.717) is 37.6 Å². The lowest BCUT2D eigenvalue weighted by Crippen LogP contribution is -2.45. The average Bonchev–Trinajstić information content (AvgIpc) is 3.55. The highest BCUT2D eigenvalue weighted by Gasteiger charge is 2.48. The molecule has 3 N–H and O–H groups in total. The molecule has 1 aliphatic carbocycles. The third kappa shape index (κ3) is 4.37. The number of rotatable bonds is 6. The zero-order valence-corrected chi connectivity index (χ0v) is 17.9. The highest BCUT2D eigenvalue weighted by atomic mass is 32.1. The van der Waals surface area contributed by atoms with Gasteiger partial charge in [-0.2, -0.15) is 0 Å². The van der Waals surface area contributed by atoms with Gasteiger partial charge in [0.2, 0.25) is 0 Å². The number of likely N-dealkylation sites (tertiary alicyclic amines) is 1. The second kappa shape index (κ2) is 9.18. The van der Waals surface area contributed by atoms with Crippen molar-refractivity contribution in [3.8, 4) is 0 Å². The Bertz CT molecular complexity index is 865. The summed E-state index contributed by atoms with van der Waals surface area (Å²) >= 11 is 1.65. The number of carbonyl (C=O) groups is 1. The molecule has 2 aliphatic rings. The van der Waals surface area contributed by atoms with Gasteiger partial charge in [-0.1, -0.05) is 49.2 Å². The van der Waals surface area contributed by atoms with Gasteiger partial charge in [-0.25, -0.2) is 9.79 Å². The number of benzene rings is 1. The van der Waals surface area contributed by atoms with Crippen LogP contribution in [0.5, 0.6) is 0 Å². The van der Waals surface area contributed by atoms with Gasteiger partial charge in [0.05, 0.1) is 13.1 Å². The number of hydrogen-bond donors (Lipinski definition) is 2. The fraction of sp³-hybridized carbons (Fsp3) is 0.478. The molecular formula is C23H29N3O3S. The van der Waals surface area contributed by atoms with E-state index in [2.05, 4.69) is 4.99 Å². The van der Waals surface area contributed by atoms with Crippen LogP contribution in [0.25, 0.3) is 0 Å². The first-order valence-electron chi connectivity index (χ1n) is 10.6. The van der Waals surface area contributed by atoms with E-state index in [-0.39, 0.29) is 12.0 Å². The summed E-state index contributed by atoms with van der Waals surface area (Å²) in [5.41, 5.74) is 5.18. The highest BCUT2D eigenvalue weighted by molar-refractivity contribution is 7.09. The minimum absolute atomic E-state index is 0.109. The van der Waals surface area contributed by atoms with E-state index in [4.69, 9.17) is 10.5 Å². The first-order chi connectivity index (χ1) is 14.6. The molecule has 1 aromatic heterocycles. The Morgan fingerprint density at radius 2 is 1.97 bits per heavy atom. The third-order valence-electron chi connectivity index (χ3n) is 6.19. The first-order valence-corrected chi connectivity index (χ1v) is 11.5. The molecule has 1 aromatic carbocycles. The summed E-state index contributed by atoms with van der Waals surface area (Å²) in [5, 5.41) is 13.6. The van der Waals surface area contributed by atoms with Crippen LogP contribution in [0.4, 0.5) is 0 Å². The van der Waals surface area contributed by atoms with Crippen molar-refractivity contribution in [3.63, 3.8) is 0 Å². The number of carbonyl (C=O) groups excluding carboxylic acids is 1. The molecular weight excluding hydrogens is 398 g/mol. The van der Waals surface area contributed by atoms with Crippen LogP contribution in [0, 0.1) is 5.92 Å². The second-order valence-electron chi connectivity index (χ2n) is 8.13. The average molecular weight is 428 g/mol. The van der Waals surface area contributed by atoms with Crippen LogP contribution >= 0.6 is 11.3 Å². The van der Waals surface area contributed by atoms with Gasteiger partial charge in [0.25, 0.3) is 0 Å². The molecule has 0 spiro atoms. The maximum absolute atomic E-state index is 13.2. The largest absolute Gasteiger partial charge is 0.458 e. The van der Waals surface area contributed by atoms with Crippen LogP contribution < -0.4 is 5.73 Å². The Kier molecular flexibility index (Phi) is 6.39. The minimum Gasteiger partial charge on any atom is -0.458 e. The van der Waals surface area contributed by atoms with Crippen molar-refractivity contribution in [1.82, 2.24) is 4.90 Å². The maximum Gasteiger partial charge on any atom is 0.343 e. The number of hydrogen-bond acceptors (Lipinski definition) is 5. The summed E-state index contributed by atoms with van der Waals surface area (Å²) in [6.07, 6.45) is 4.10. The van der Waals surface area contributed by atoms with E-state index in [1.54, 1.807) is 11.3 Å². The van der Waals surface area contributed by atoms with Crippen LogP contribution in [-0.2, 0) is 21.7 Å². The molecule has 0 radical (unpaired) electrons. The van der Waals surface area contributed by atoms with Gasteiger partial charge in [-0.15, -0.1) is 11.3 Å². The number of guanidine groups is 1. The Morgan fingerprint density at radius 1 is 1.20 bits per heavy atom.